The molecule has 1 unspecified atom stereocenters. The molecule has 0 bridgehead atoms. The average Bonchev–Trinajstić information content (AvgIpc) is 3.13. The summed E-state index contributed by atoms with van der Waals surface area (Å²) >= 11 is 0. The van der Waals surface area contributed by atoms with Crippen LogP contribution in [0.15, 0.2) is 35.3 Å². The molecule has 1 amide bonds. The van der Waals surface area contributed by atoms with E-state index in [1.54, 1.807) is 26.1 Å². The molecule has 7 nitrogen and oxygen atoms in total. The van der Waals surface area contributed by atoms with Crippen LogP contribution >= 0.6 is 0 Å². The van der Waals surface area contributed by atoms with Gasteiger partial charge in [0.1, 0.15) is 6.54 Å². The summed E-state index contributed by atoms with van der Waals surface area (Å²) in [6.45, 7) is 4.57. The first-order valence-electron chi connectivity index (χ1n) is 9.44. The van der Waals surface area contributed by atoms with Crippen molar-refractivity contribution in [1.82, 2.24) is 15.1 Å². The Morgan fingerprint density at radius 2 is 2.11 bits per heavy atom. The number of carbonyl (C=O) groups is 1. The Balaban J connectivity index is 1.82. The first-order chi connectivity index (χ1) is 13.1. The Kier molecular flexibility index (Phi) is 9.07. The number of aliphatic imine (C=N–C) groups is 1. The van der Waals surface area contributed by atoms with Gasteiger partial charge in [-0.25, -0.2) is 4.99 Å². The molecule has 1 aliphatic heterocycles. The van der Waals surface area contributed by atoms with E-state index in [4.69, 9.17) is 9.47 Å². The predicted octanol–water partition coefficient (Wildman–Crippen LogP) is 1.21. The van der Waals surface area contributed by atoms with Gasteiger partial charge in [0.05, 0.1) is 19.8 Å². The van der Waals surface area contributed by atoms with E-state index in [9.17, 15) is 4.79 Å². The number of nitrogens with zero attached hydrogens (tertiary/aromatic N) is 3. The quantitative estimate of drug-likeness (QED) is 0.399. The van der Waals surface area contributed by atoms with E-state index >= 15 is 0 Å². The zero-order chi connectivity index (χ0) is 19.5. The Bertz CT molecular complexity index is 592. The monoisotopic (exact) mass is 376 g/mol. The van der Waals surface area contributed by atoms with Gasteiger partial charge < -0.3 is 24.6 Å². The maximum Gasteiger partial charge on any atom is 0.243 e. The van der Waals surface area contributed by atoms with Crippen molar-refractivity contribution in [2.45, 2.75) is 13.0 Å². The minimum atomic E-state index is -0.0111. The van der Waals surface area contributed by atoms with Crippen molar-refractivity contribution in [3.63, 3.8) is 0 Å². The first-order valence-corrected chi connectivity index (χ1v) is 9.44. The van der Waals surface area contributed by atoms with Crippen molar-refractivity contribution < 1.29 is 14.3 Å². The predicted molar refractivity (Wildman–Crippen MR) is 107 cm³/mol. The van der Waals surface area contributed by atoms with Crippen molar-refractivity contribution in [1.29, 1.82) is 0 Å². The van der Waals surface area contributed by atoms with Crippen LogP contribution in [0, 0.1) is 5.92 Å². The lowest BCUT2D eigenvalue weighted by Crippen LogP contribution is -2.42. The highest BCUT2D eigenvalue weighted by molar-refractivity contribution is 5.85. The lowest BCUT2D eigenvalue weighted by atomic mass is 10.1. The first kappa shape index (κ1) is 21.2. The number of likely N-dealkylation sites (N-methyl/N-ethyl adjacent to an activating group) is 1. The van der Waals surface area contributed by atoms with E-state index in [-0.39, 0.29) is 12.5 Å². The van der Waals surface area contributed by atoms with Gasteiger partial charge in [0.2, 0.25) is 5.91 Å². The van der Waals surface area contributed by atoms with E-state index in [0.29, 0.717) is 25.7 Å². The van der Waals surface area contributed by atoms with Gasteiger partial charge in [-0.15, -0.1) is 0 Å². The Labute approximate surface area is 162 Å². The molecule has 1 aromatic rings. The topological polar surface area (TPSA) is 66.4 Å². The molecule has 0 radical (unpaired) electrons. The maximum absolute atomic E-state index is 11.9. The SMILES string of the molecule is COCCNC(=NCC(=O)N(C)C)N1CCC(COCc2ccccc2)C1. The zero-order valence-corrected chi connectivity index (χ0v) is 16.7. The van der Waals surface area contributed by atoms with Crippen LogP contribution < -0.4 is 5.32 Å². The largest absolute Gasteiger partial charge is 0.383 e. The molecule has 150 valence electrons. The summed E-state index contributed by atoms with van der Waals surface area (Å²) in [5.41, 5.74) is 1.19. The smallest absolute Gasteiger partial charge is 0.243 e. The minimum absolute atomic E-state index is 0.0111. The molecular formula is C20H32N4O3. The number of carbonyl (C=O) groups excluding carboxylic acids is 1. The second-order valence-electron chi connectivity index (χ2n) is 6.95. The molecule has 7 heteroatoms. The van der Waals surface area contributed by atoms with Crippen LogP contribution in [0.25, 0.3) is 0 Å². The number of amides is 1. The van der Waals surface area contributed by atoms with E-state index in [0.717, 1.165) is 32.1 Å². The highest BCUT2D eigenvalue weighted by atomic mass is 16.5. The molecule has 1 saturated heterocycles. The normalized spacial score (nSPS) is 17.2. The fourth-order valence-corrected chi connectivity index (χ4v) is 2.90. The number of guanidine groups is 1. The molecule has 1 atom stereocenters. The van der Waals surface area contributed by atoms with Gasteiger partial charge in [-0.05, 0) is 12.0 Å². The lowest BCUT2D eigenvalue weighted by molar-refractivity contribution is -0.127. The number of ether oxygens (including phenoxy) is 2. The number of benzene rings is 1. The van der Waals surface area contributed by atoms with Crippen LogP contribution in [0.3, 0.4) is 0 Å². The summed E-state index contributed by atoms with van der Waals surface area (Å²) in [6, 6.07) is 10.2. The number of likely N-dealkylation sites (tertiary alicyclic amines) is 1. The molecule has 2 rings (SSSR count). The molecule has 0 aliphatic carbocycles. The summed E-state index contributed by atoms with van der Waals surface area (Å²) in [5, 5.41) is 3.30. The number of hydrogen-bond acceptors (Lipinski definition) is 4. The van der Waals surface area contributed by atoms with Gasteiger partial charge in [0.15, 0.2) is 5.96 Å². The Morgan fingerprint density at radius 1 is 1.33 bits per heavy atom. The highest BCUT2D eigenvalue weighted by Crippen LogP contribution is 2.17. The molecule has 1 heterocycles. The maximum atomic E-state index is 11.9. The minimum Gasteiger partial charge on any atom is -0.383 e. The third-order valence-electron chi connectivity index (χ3n) is 4.50. The van der Waals surface area contributed by atoms with Crippen LogP contribution in [0.4, 0.5) is 0 Å². The fraction of sp³-hybridized carbons (Fsp3) is 0.600. The second kappa shape index (κ2) is 11.6. The van der Waals surface area contributed by atoms with Gasteiger partial charge in [-0.1, -0.05) is 30.3 Å². The fourth-order valence-electron chi connectivity index (χ4n) is 2.90. The van der Waals surface area contributed by atoms with Crippen LogP contribution in [0.1, 0.15) is 12.0 Å². The van der Waals surface area contributed by atoms with Crippen molar-refractivity contribution in [3.05, 3.63) is 35.9 Å². The molecule has 0 saturated carbocycles. The third-order valence-corrected chi connectivity index (χ3v) is 4.50. The number of methoxy groups -OCH3 is 1. The summed E-state index contributed by atoms with van der Waals surface area (Å²) in [6.07, 6.45) is 1.06. The van der Waals surface area contributed by atoms with E-state index in [1.807, 2.05) is 18.2 Å². The third kappa shape index (κ3) is 7.56. The van der Waals surface area contributed by atoms with Crippen molar-refractivity contribution in [2.24, 2.45) is 10.9 Å². The highest BCUT2D eigenvalue weighted by Gasteiger charge is 2.25. The summed E-state index contributed by atoms with van der Waals surface area (Å²) in [5.74, 6) is 1.23. The number of nitrogens with one attached hydrogen (secondary N) is 1. The van der Waals surface area contributed by atoms with Crippen LogP contribution in [-0.2, 0) is 20.9 Å². The summed E-state index contributed by atoms with van der Waals surface area (Å²) in [4.78, 5) is 20.1. The van der Waals surface area contributed by atoms with Gasteiger partial charge in [0, 0.05) is 46.8 Å². The summed E-state index contributed by atoms with van der Waals surface area (Å²) < 4.78 is 11.0. The molecule has 1 N–H and O–H groups in total. The molecule has 0 aromatic heterocycles. The van der Waals surface area contributed by atoms with E-state index in [1.165, 1.54) is 5.56 Å². The Hall–Kier alpha value is -2.12. The van der Waals surface area contributed by atoms with Crippen LogP contribution in [-0.4, -0.2) is 82.3 Å². The lowest BCUT2D eigenvalue weighted by Gasteiger charge is -2.22. The van der Waals surface area contributed by atoms with Gasteiger partial charge in [-0.3, -0.25) is 4.79 Å². The van der Waals surface area contributed by atoms with Crippen molar-refractivity contribution in [2.75, 3.05) is 60.6 Å². The van der Waals surface area contributed by atoms with Crippen molar-refractivity contribution in [3.8, 4) is 0 Å². The molecule has 27 heavy (non-hydrogen) atoms. The summed E-state index contributed by atoms with van der Waals surface area (Å²) in [7, 11) is 5.15. The van der Waals surface area contributed by atoms with Gasteiger partial charge in [0.25, 0.3) is 0 Å². The van der Waals surface area contributed by atoms with E-state index < -0.39 is 0 Å². The molecule has 0 spiro atoms. The van der Waals surface area contributed by atoms with Gasteiger partial charge in [-0.2, -0.15) is 0 Å². The molecular weight excluding hydrogens is 344 g/mol. The Morgan fingerprint density at radius 3 is 2.81 bits per heavy atom. The zero-order valence-electron chi connectivity index (χ0n) is 16.7. The van der Waals surface area contributed by atoms with Gasteiger partial charge >= 0.3 is 0 Å². The van der Waals surface area contributed by atoms with E-state index in [2.05, 4.69) is 27.3 Å². The van der Waals surface area contributed by atoms with Crippen molar-refractivity contribution >= 4 is 11.9 Å². The number of rotatable bonds is 9. The molecule has 1 aromatic carbocycles. The van der Waals surface area contributed by atoms with Crippen LogP contribution in [0.2, 0.25) is 0 Å². The number of hydrogen-bond donors (Lipinski definition) is 1. The molecule has 1 aliphatic rings. The second-order valence-corrected chi connectivity index (χ2v) is 6.95. The standard InChI is InChI=1S/C20H32N4O3/c1-23(2)19(25)13-22-20(21-10-12-26-3)24-11-9-18(14-24)16-27-15-17-7-5-4-6-8-17/h4-8,18H,9-16H2,1-3H3,(H,21,22). The van der Waals surface area contributed by atoms with Crippen LogP contribution in [0.5, 0.6) is 0 Å². The molecule has 1 fully saturated rings. The average molecular weight is 377 g/mol.